The van der Waals surface area contributed by atoms with Crippen molar-refractivity contribution in [2.75, 3.05) is 0 Å². The molecule has 2 heterocycles. The largest absolute Gasteiger partial charge is 0.412 e. The lowest BCUT2D eigenvalue weighted by Crippen LogP contribution is -1.91. The van der Waals surface area contributed by atoms with Crippen LogP contribution in [0.5, 0.6) is 0 Å². The van der Waals surface area contributed by atoms with E-state index in [1.54, 1.807) is 0 Å². The Morgan fingerprint density at radius 2 is 0.947 bits per heavy atom. The standard InChI is InChI=1S/2C5H2F3N.H2O/c2*6-3-1-2-9-5(8)4(3)7;/h2*1-2H;1H2. The molecule has 0 spiro atoms. The molecule has 2 aromatic heterocycles. The summed E-state index contributed by atoms with van der Waals surface area (Å²) < 4.78 is 71.4. The van der Waals surface area contributed by atoms with Gasteiger partial charge in [-0.3, -0.25) is 0 Å². The molecule has 0 aliphatic rings. The van der Waals surface area contributed by atoms with Gasteiger partial charge in [-0.15, -0.1) is 0 Å². The first kappa shape index (κ1) is 16.8. The topological polar surface area (TPSA) is 57.3 Å². The van der Waals surface area contributed by atoms with Crippen molar-refractivity contribution in [1.29, 1.82) is 0 Å². The number of hydrogen-bond donors (Lipinski definition) is 0. The van der Waals surface area contributed by atoms with Crippen LogP contribution in [0.15, 0.2) is 24.5 Å². The first-order valence-electron chi connectivity index (χ1n) is 4.34. The summed E-state index contributed by atoms with van der Waals surface area (Å²) in [4.78, 5) is 5.72. The van der Waals surface area contributed by atoms with Gasteiger partial charge in [-0.05, 0) is 12.1 Å². The van der Waals surface area contributed by atoms with Crippen molar-refractivity contribution in [2.24, 2.45) is 0 Å². The van der Waals surface area contributed by atoms with E-state index in [1.165, 1.54) is 0 Å². The van der Waals surface area contributed by atoms with Crippen molar-refractivity contribution in [2.45, 2.75) is 0 Å². The van der Waals surface area contributed by atoms with Crippen LogP contribution in [0.25, 0.3) is 0 Å². The fourth-order valence-corrected chi connectivity index (χ4v) is 0.793. The maximum Gasteiger partial charge on any atom is 0.251 e. The summed E-state index contributed by atoms with van der Waals surface area (Å²) in [6.45, 7) is 0. The third kappa shape index (κ3) is 4.54. The zero-order valence-electron chi connectivity index (χ0n) is 8.97. The molecule has 0 atom stereocenters. The van der Waals surface area contributed by atoms with E-state index in [1.807, 2.05) is 0 Å². The Labute approximate surface area is 102 Å². The molecule has 0 saturated carbocycles. The molecule has 0 unspecified atom stereocenters. The SMILES string of the molecule is Fc1ccnc(F)c1F.Fc1ccnc(F)c1F.O. The molecule has 104 valence electrons. The van der Waals surface area contributed by atoms with Crippen LogP contribution in [0.2, 0.25) is 0 Å². The van der Waals surface area contributed by atoms with Crippen LogP contribution >= 0.6 is 0 Å². The predicted molar refractivity (Wildman–Crippen MR) is 51.8 cm³/mol. The summed E-state index contributed by atoms with van der Waals surface area (Å²) in [7, 11) is 0. The van der Waals surface area contributed by atoms with Gasteiger partial charge >= 0.3 is 0 Å². The molecule has 0 amide bonds. The Morgan fingerprint density at radius 1 is 0.632 bits per heavy atom. The fraction of sp³-hybridized carbons (Fsp3) is 0. The third-order valence-corrected chi connectivity index (χ3v) is 1.60. The summed E-state index contributed by atoms with van der Waals surface area (Å²) >= 11 is 0. The Morgan fingerprint density at radius 3 is 1.16 bits per heavy atom. The van der Waals surface area contributed by atoms with Crippen LogP contribution < -0.4 is 0 Å². The summed E-state index contributed by atoms with van der Waals surface area (Å²) in [6, 6.07) is 1.50. The number of rotatable bonds is 0. The van der Waals surface area contributed by atoms with Crippen molar-refractivity contribution in [3.05, 3.63) is 59.7 Å². The maximum absolute atomic E-state index is 11.9. The highest BCUT2D eigenvalue weighted by atomic mass is 19.2. The zero-order valence-corrected chi connectivity index (χ0v) is 8.97. The molecule has 9 heteroatoms. The molecule has 0 fully saturated rings. The molecule has 0 aliphatic heterocycles. The molecule has 0 radical (unpaired) electrons. The second-order valence-corrected chi connectivity index (χ2v) is 2.80. The molecule has 2 aromatic rings. The van der Waals surface area contributed by atoms with Crippen molar-refractivity contribution in [3.63, 3.8) is 0 Å². The minimum atomic E-state index is -1.53. The molecule has 0 aliphatic carbocycles. The van der Waals surface area contributed by atoms with Gasteiger partial charge in [0.2, 0.25) is 11.6 Å². The van der Waals surface area contributed by atoms with Crippen molar-refractivity contribution in [1.82, 2.24) is 9.97 Å². The second-order valence-electron chi connectivity index (χ2n) is 2.80. The second kappa shape index (κ2) is 7.31. The Hall–Kier alpha value is -2.16. The summed E-state index contributed by atoms with van der Waals surface area (Å²) in [6.07, 6.45) is 1.71. The van der Waals surface area contributed by atoms with E-state index in [4.69, 9.17) is 0 Å². The van der Waals surface area contributed by atoms with Crippen molar-refractivity contribution >= 4 is 0 Å². The van der Waals surface area contributed by atoms with E-state index in [9.17, 15) is 26.3 Å². The summed E-state index contributed by atoms with van der Waals surface area (Å²) in [5.74, 6) is -8.31. The molecule has 0 aromatic carbocycles. The van der Waals surface area contributed by atoms with Gasteiger partial charge in [0.25, 0.3) is 11.9 Å². The van der Waals surface area contributed by atoms with E-state index >= 15 is 0 Å². The van der Waals surface area contributed by atoms with Crippen molar-refractivity contribution in [3.8, 4) is 0 Å². The Balaban J connectivity index is 0.000000324. The first-order valence-corrected chi connectivity index (χ1v) is 4.34. The Kier molecular flexibility index (Phi) is 6.48. The number of halogens is 6. The number of nitrogens with zero attached hydrogens (tertiary/aromatic N) is 2. The molecular weight excluding hydrogens is 278 g/mol. The van der Waals surface area contributed by atoms with Crippen LogP contribution in [0.3, 0.4) is 0 Å². The molecule has 3 nitrogen and oxygen atoms in total. The van der Waals surface area contributed by atoms with E-state index in [0.29, 0.717) is 0 Å². The minimum Gasteiger partial charge on any atom is -0.412 e. The Bertz CT molecular complexity index is 462. The highest BCUT2D eigenvalue weighted by Gasteiger charge is 2.07. The smallest absolute Gasteiger partial charge is 0.251 e. The van der Waals surface area contributed by atoms with Gasteiger partial charge in [0.15, 0.2) is 11.6 Å². The molecular formula is C10H6F6N2O. The van der Waals surface area contributed by atoms with Gasteiger partial charge < -0.3 is 5.48 Å². The average Bonchev–Trinajstić information content (AvgIpc) is 2.34. The minimum absolute atomic E-state index is 0. The monoisotopic (exact) mass is 284 g/mol. The molecule has 0 saturated heterocycles. The molecule has 2 rings (SSSR count). The lowest BCUT2D eigenvalue weighted by molar-refractivity contribution is 0.426. The normalized spacial score (nSPS) is 9.16. The van der Waals surface area contributed by atoms with E-state index in [-0.39, 0.29) is 5.48 Å². The van der Waals surface area contributed by atoms with Gasteiger partial charge in [0.1, 0.15) is 0 Å². The van der Waals surface area contributed by atoms with E-state index in [0.717, 1.165) is 24.5 Å². The third-order valence-electron chi connectivity index (χ3n) is 1.60. The fourth-order valence-electron chi connectivity index (χ4n) is 0.793. The van der Waals surface area contributed by atoms with E-state index in [2.05, 4.69) is 9.97 Å². The van der Waals surface area contributed by atoms with Crippen LogP contribution in [-0.4, -0.2) is 15.4 Å². The molecule has 0 bridgehead atoms. The predicted octanol–water partition coefficient (Wildman–Crippen LogP) is 2.17. The maximum atomic E-state index is 11.9. The van der Waals surface area contributed by atoms with Gasteiger partial charge in [-0.1, -0.05) is 0 Å². The van der Waals surface area contributed by atoms with Crippen molar-refractivity contribution < 1.29 is 31.8 Å². The number of hydrogen-bond acceptors (Lipinski definition) is 2. The highest BCUT2D eigenvalue weighted by Crippen LogP contribution is 2.05. The lowest BCUT2D eigenvalue weighted by atomic mass is 10.4. The summed E-state index contributed by atoms with van der Waals surface area (Å²) in [5.41, 5.74) is 0. The van der Waals surface area contributed by atoms with Gasteiger partial charge in [0.05, 0.1) is 0 Å². The summed E-state index contributed by atoms with van der Waals surface area (Å²) in [5, 5.41) is 0. The van der Waals surface area contributed by atoms with E-state index < -0.39 is 35.2 Å². The highest BCUT2D eigenvalue weighted by molar-refractivity contribution is 4.99. The first-order chi connectivity index (χ1) is 8.43. The number of pyridine rings is 2. The van der Waals surface area contributed by atoms with Crippen LogP contribution in [0, 0.1) is 35.2 Å². The molecule has 19 heavy (non-hydrogen) atoms. The van der Waals surface area contributed by atoms with Gasteiger partial charge in [-0.25, -0.2) is 18.7 Å². The lowest BCUT2D eigenvalue weighted by Gasteiger charge is -1.89. The van der Waals surface area contributed by atoms with Crippen LogP contribution in [0.1, 0.15) is 0 Å². The van der Waals surface area contributed by atoms with Gasteiger partial charge in [0, 0.05) is 12.4 Å². The van der Waals surface area contributed by atoms with Crippen LogP contribution in [0.4, 0.5) is 26.3 Å². The average molecular weight is 284 g/mol. The van der Waals surface area contributed by atoms with Gasteiger partial charge in [-0.2, -0.15) is 17.6 Å². The van der Waals surface area contributed by atoms with Crippen LogP contribution in [-0.2, 0) is 0 Å². The quantitative estimate of drug-likeness (QED) is 0.550. The number of aromatic nitrogens is 2. The molecule has 2 N–H and O–H groups in total. The zero-order chi connectivity index (χ0) is 13.7.